The van der Waals surface area contributed by atoms with Crippen LogP contribution >= 0.6 is 0 Å². The van der Waals surface area contributed by atoms with Gasteiger partial charge in [0.2, 0.25) is 0 Å². The maximum absolute atomic E-state index is 4.50. The third-order valence-electron chi connectivity index (χ3n) is 2.68. The van der Waals surface area contributed by atoms with Gasteiger partial charge in [0.15, 0.2) is 5.82 Å². The number of pyridine rings is 1. The van der Waals surface area contributed by atoms with Crippen molar-refractivity contribution in [2.45, 2.75) is 0 Å². The van der Waals surface area contributed by atoms with E-state index in [4.69, 9.17) is 0 Å². The minimum absolute atomic E-state index is 0.800. The fourth-order valence-corrected chi connectivity index (χ4v) is 1.76. The molecule has 0 atom stereocenters. The number of nitrogens with one attached hydrogen (secondary N) is 2. The predicted octanol–water partition coefficient (Wildman–Crippen LogP) is 2.67. The van der Waals surface area contributed by atoms with Gasteiger partial charge in [-0.1, -0.05) is 12.1 Å². The number of fused-ring (bicyclic) bond motifs is 1. The lowest BCUT2D eigenvalue weighted by Crippen LogP contribution is -1.90. The molecule has 0 unspecified atom stereocenters. The van der Waals surface area contributed by atoms with E-state index in [-0.39, 0.29) is 0 Å². The van der Waals surface area contributed by atoms with Crippen molar-refractivity contribution in [3.63, 3.8) is 0 Å². The molecule has 3 aromatic rings. The van der Waals surface area contributed by atoms with Crippen molar-refractivity contribution in [2.75, 3.05) is 12.4 Å². The Morgan fingerprint density at radius 3 is 2.71 bits per heavy atom. The predicted molar refractivity (Wildman–Crippen MR) is 68.9 cm³/mol. The first-order chi connectivity index (χ1) is 8.36. The molecule has 2 N–H and O–H groups in total. The summed E-state index contributed by atoms with van der Waals surface area (Å²) in [4.78, 5) is 12.1. The largest absolute Gasteiger partial charge is 0.387 e. The van der Waals surface area contributed by atoms with Gasteiger partial charge in [0.25, 0.3) is 0 Å². The minimum Gasteiger partial charge on any atom is -0.387 e. The maximum atomic E-state index is 4.50. The van der Waals surface area contributed by atoms with Crippen molar-refractivity contribution < 1.29 is 0 Å². The maximum Gasteiger partial charge on any atom is 0.157 e. The molecule has 4 nitrogen and oxygen atoms in total. The molecular weight excluding hydrogens is 212 g/mol. The van der Waals surface area contributed by atoms with Crippen molar-refractivity contribution in [1.29, 1.82) is 0 Å². The van der Waals surface area contributed by atoms with Gasteiger partial charge >= 0.3 is 0 Å². The Bertz CT molecular complexity index is 607. The van der Waals surface area contributed by atoms with Crippen molar-refractivity contribution >= 4 is 16.7 Å². The average Bonchev–Trinajstić information content (AvgIpc) is 2.82. The summed E-state index contributed by atoms with van der Waals surface area (Å²) >= 11 is 0. The molecule has 84 valence electrons. The summed E-state index contributed by atoms with van der Waals surface area (Å²) in [5.41, 5.74) is 3.83. The number of hydrogen-bond donors (Lipinski definition) is 2. The first-order valence-electron chi connectivity index (χ1n) is 5.46. The monoisotopic (exact) mass is 224 g/mol. The van der Waals surface area contributed by atoms with E-state index < -0.39 is 0 Å². The number of nitrogens with zero attached hydrogens (tertiary/aromatic N) is 2. The number of para-hydroxylation sites is 2. The van der Waals surface area contributed by atoms with Crippen LogP contribution in [-0.2, 0) is 0 Å². The van der Waals surface area contributed by atoms with Crippen LogP contribution in [0.3, 0.4) is 0 Å². The topological polar surface area (TPSA) is 53.6 Å². The number of H-pyrrole nitrogens is 1. The average molecular weight is 224 g/mol. The normalized spacial score (nSPS) is 10.6. The number of aromatic nitrogens is 3. The summed E-state index contributed by atoms with van der Waals surface area (Å²) in [6.45, 7) is 0. The minimum atomic E-state index is 0.800. The number of aromatic amines is 1. The Hall–Kier alpha value is -2.36. The van der Waals surface area contributed by atoms with Gasteiger partial charge in [0.1, 0.15) is 5.69 Å². The van der Waals surface area contributed by atoms with Crippen LogP contribution < -0.4 is 5.32 Å². The highest BCUT2D eigenvalue weighted by Gasteiger charge is 2.05. The Kier molecular flexibility index (Phi) is 2.26. The van der Waals surface area contributed by atoms with Crippen LogP contribution in [-0.4, -0.2) is 22.0 Å². The Balaban J connectivity index is 2.07. The molecule has 0 fully saturated rings. The molecule has 1 aromatic carbocycles. The van der Waals surface area contributed by atoms with Crippen molar-refractivity contribution in [1.82, 2.24) is 15.0 Å². The van der Waals surface area contributed by atoms with Gasteiger partial charge in [-0.05, 0) is 24.3 Å². The molecule has 17 heavy (non-hydrogen) atoms. The number of benzene rings is 1. The Labute approximate surface area is 98.7 Å². The highest BCUT2D eigenvalue weighted by molar-refractivity contribution is 5.78. The smallest absolute Gasteiger partial charge is 0.157 e. The third-order valence-corrected chi connectivity index (χ3v) is 2.68. The van der Waals surface area contributed by atoms with Gasteiger partial charge in [0, 0.05) is 7.05 Å². The van der Waals surface area contributed by atoms with E-state index in [0.717, 1.165) is 28.2 Å². The Morgan fingerprint density at radius 1 is 1.12 bits per heavy atom. The van der Waals surface area contributed by atoms with Gasteiger partial charge < -0.3 is 10.3 Å². The van der Waals surface area contributed by atoms with Crippen molar-refractivity contribution in [3.05, 3.63) is 42.6 Å². The summed E-state index contributed by atoms with van der Waals surface area (Å²) in [6, 6.07) is 11.9. The van der Waals surface area contributed by atoms with Crippen LogP contribution in [0.15, 0.2) is 42.6 Å². The van der Waals surface area contributed by atoms with Gasteiger partial charge in [0.05, 0.1) is 22.9 Å². The van der Waals surface area contributed by atoms with Crippen LogP contribution in [0.5, 0.6) is 0 Å². The molecule has 0 aliphatic carbocycles. The van der Waals surface area contributed by atoms with Crippen molar-refractivity contribution in [3.8, 4) is 11.5 Å². The molecule has 0 aliphatic rings. The lowest BCUT2D eigenvalue weighted by Gasteiger charge is -1.99. The molecule has 4 heteroatoms. The summed E-state index contributed by atoms with van der Waals surface area (Å²) in [5.74, 6) is 0.800. The van der Waals surface area contributed by atoms with E-state index in [1.807, 2.05) is 43.4 Å². The molecule has 3 rings (SSSR count). The van der Waals surface area contributed by atoms with Crippen LogP contribution in [0.1, 0.15) is 0 Å². The third kappa shape index (κ3) is 1.73. The molecule has 0 radical (unpaired) electrons. The molecule has 0 bridgehead atoms. The summed E-state index contributed by atoms with van der Waals surface area (Å²) in [5, 5.41) is 3.04. The van der Waals surface area contributed by atoms with E-state index in [9.17, 15) is 0 Å². The Morgan fingerprint density at radius 2 is 2.00 bits per heavy atom. The molecule has 0 spiro atoms. The number of anilines is 1. The quantitative estimate of drug-likeness (QED) is 0.703. The molecule has 0 saturated heterocycles. The van der Waals surface area contributed by atoms with Gasteiger partial charge in [-0.15, -0.1) is 0 Å². The summed E-state index contributed by atoms with van der Waals surface area (Å²) < 4.78 is 0. The zero-order chi connectivity index (χ0) is 11.7. The molecule has 2 aromatic heterocycles. The van der Waals surface area contributed by atoms with E-state index >= 15 is 0 Å². The number of imidazole rings is 1. The molecule has 0 amide bonds. The molecule has 2 heterocycles. The lowest BCUT2D eigenvalue weighted by atomic mass is 10.3. The highest BCUT2D eigenvalue weighted by Crippen LogP contribution is 2.19. The second-order valence-corrected chi connectivity index (χ2v) is 3.78. The summed E-state index contributed by atoms with van der Waals surface area (Å²) in [6.07, 6.45) is 1.79. The standard InChI is InChI=1S/C13H12N4/c1-14-9-6-7-12(15-8-9)13-16-10-4-2-3-5-11(10)17-13/h2-8,14H,1H3,(H,16,17). The van der Waals surface area contributed by atoms with Crippen LogP contribution in [0.4, 0.5) is 5.69 Å². The highest BCUT2D eigenvalue weighted by atomic mass is 15.0. The van der Waals surface area contributed by atoms with Crippen LogP contribution in [0.25, 0.3) is 22.6 Å². The fourth-order valence-electron chi connectivity index (χ4n) is 1.76. The lowest BCUT2D eigenvalue weighted by molar-refractivity contribution is 1.23. The van der Waals surface area contributed by atoms with Gasteiger partial charge in [-0.3, -0.25) is 4.98 Å². The SMILES string of the molecule is CNc1ccc(-c2nc3ccccc3[nH]2)nc1. The number of hydrogen-bond acceptors (Lipinski definition) is 3. The van der Waals surface area contributed by atoms with E-state index in [1.165, 1.54) is 0 Å². The van der Waals surface area contributed by atoms with Gasteiger partial charge in [-0.25, -0.2) is 4.98 Å². The van der Waals surface area contributed by atoms with E-state index in [1.54, 1.807) is 6.20 Å². The van der Waals surface area contributed by atoms with Crippen LogP contribution in [0.2, 0.25) is 0 Å². The summed E-state index contributed by atoms with van der Waals surface area (Å²) in [7, 11) is 1.87. The second kappa shape index (κ2) is 3.90. The zero-order valence-electron chi connectivity index (χ0n) is 9.44. The first kappa shape index (κ1) is 9.84. The zero-order valence-corrected chi connectivity index (χ0v) is 9.44. The molecular formula is C13H12N4. The van der Waals surface area contributed by atoms with E-state index in [2.05, 4.69) is 20.3 Å². The second-order valence-electron chi connectivity index (χ2n) is 3.78. The molecule has 0 aliphatic heterocycles. The number of rotatable bonds is 2. The van der Waals surface area contributed by atoms with E-state index in [0.29, 0.717) is 0 Å². The fraction of sp³-hybridized carbons (Fsp3) is 0.0769. The van der Waals surface area contributed by atoms with Crippen molar-refractivity contribution in [2.24, 2.45) is 0 Å². The molecule has 0 saturated carbocycles. The van der Waals surface area contributed by atoms with Crippen LogP contribution in [0, 0.1) is 0 Å². The first-order valence-corrected chi connectivity index (χ1v) is 5.46. The van der Waals surface area contributed by atoms with Gasteiger partial charge in [-0.2, -0.15) is 0 Å².